The maximum atomic E-state index is 12.7. The van der Waals surface area contributed by atoms with Gasteiger partial charge in [0.15, 0.2) is 9.84 Å². The molecule has 0 radical (unpaired) electrons. The van der Waals surface area contributed by atoms with Crippen molar-refractivity contribution in [1.29, 1.82) is 0 Å². The van der Waals surface area contributed by atoms with E-state index in [4.69, 9.17) is 14.6 Å². The number of hydrogen-bond acceptors (Lipinski definition) is 9. The zero-order chi connectivity index (χ0) is 22.1. The van der Waals surface area contributed by atoms with Crippen LogP contribution < -0.4 is 5.14 Å². The SMILES string of the molecule is CCN(C(=O)OC(C)COC(C)=O)[C@H]1C[C@H](C)S(=O)(=O)c2sc(S(N)(=O)=O)cc21. The number of carbonyl (C=O) groups excluding carboxylic acids is 2. The second-order valence-electron chi connectivity index (χ2n) is 6.74. The van der Waals surface area contributed by atoms with Gasteiger partial charge >= 0.3 is 12.1 Å². The van der Waals surface area contributed by atoms with E-state index in [1.165, 1.54) is 24.8 Å². The fraction of sp³-hybridized carbons (Fsp3) is 0.625. The molecule has 0 aliphatic carbocycles. The van der Waals surface area contributed by atoms with E-state index in [0.717, 1.165) is 0 Å². The molecule has 13 heteroatoms. The Balaban J connectivity index is 2.38. The highest BCUT2D eigenvalue weighted by atomic mass is 32.3. The molecule has 2 heterocycles. The maximum Gasteiger partial charge on any atom is 0.410 e. The van der Waals surface area contributed by atoms with Crippen LogP contribution in [0.2, 0.25) is 0 Å². The molecule has 0 saturated heterocycles. The maximum absolute atomic E-state index is 12.7. The fourth-order valence-corrected chi connectivity index (χ4v) is 7.39. The molecule has 2 rings (SSSR count). The number of amides is 1. The molecule has 0 bridgehead atoms. The van der Waals surface area contributed by atoms with Crippen LogP contribution in [-0.4, -0.2) is 58.3 Å². The van der Waals surface area contributed by atoms with E-state index in [0.29, 0.717) is 11.3 Å². The fourth-order valence-electron chi connectivity index (χ4n) is 2.99. The second kappa shape index (κ2) is 8.58. The Hall–Kier alpha value is -1.70. The lowest BCUT2D eigenvalue weighted by Crippen LogP contribution is -2.41. The van der Waals surface area contributed by atoms with Crippen molar-refractivity contribution >= 4 is 43.3 Å². The minimum Gasteiger partial charge on any atom is -0.462 e. The number of nitrogens with zero attached hydrogens (tertiary/aromatic N) is 1. The molecule has 0 aromatic carbocycles. The summed E-state index contributed by atoms with van der Waals surface area (Å²) >= 11 is 0.584. The van der Waals surface area contributed by atoms with Crippen molar-refractivity contribution in [3.05, 3.63) is 11.6 Å². The van der Waals surface area contributed by atoms with Gasteiger partial charge in [-0.15, -0.1) is 11.3 Å². The van der Waals surface area contributed by atoms with Gasteiger partial charge in [-0.3, -0.25) is 4.79 Å². The Labute approximate surface area is 173 Å². The van der Waals surface area contributed by atoms with Crippen LogP contribution in [0.25, 0.3) is 0 Å². The van der Waals surface area contributed by atoms with Crippen molar-refractivity contribution in [3.63, 3.8) is 0 Å². The summed E-state index contributed by atoms with van der Waals surface area (Å²) in [7, 11) is -7.84. The number of carbonyl (C=O) groups is 2. The predicted octanol–water partition coefficient (Wildman–Crippen LogP) is 1.41. The number of sulfone groups is 1. The molecular weight excluding hydrogens is 444 g/mol. The molecule has 1 aromatic rings. The van der Waals surface area contributed by atoms with E-state index in [-0.39, 0.29) is 33.6 Å². The quantitative estimate of drug-likeness (QED) is 0.616. The van der Waals surface area contributed by atoms with E-state index in [2.05, 4.69) is 0 Å². The molecule has 2 N–H and O–H groups in total. The van der Waals surface area contributed by atoms with Gasteiger partial charge in [0, 0.05) is 19.0 Å². The minimum absolute atomic E-state index is 0.0807. The first-order chi connectivity index (χ1) is 13.3. The molecule has 1 aromatic heterocycles. The average molecular weight is 469 g/mol. The Morgan fingerprint density at radius 1 is 1.41 bits per heavy atom. The molecule has 0 spiro atoms. The van der Waals surface area contributed by atoms with E-state index in [1.807, 2.05) is 0 Å². The molecule has 10 nitrogen and oxygen atoms in total. The van der Waals surface area contributed by atoms with Crippen molar-refractivity contribution in [2.75, 3.05) is 13.2 Å². The minimum atomic E-state index is -4.10. The number of ether oxygens (including phenoxy) is 2. The average Bonchev–Trinajstić information content (AvgIpc) is 3.05. The van der Waals surface area contributed by atoms with Gasteiger partial charge in [-0.2, -0.15) is 0 Å². The largest absolute Gasteiger partial charge is 0.462 e. The van der Waals surface area contributed by atoms with E-state index in [9.17, 15) is 26.4 Å². The zero-order valence-electron chi connectivity index (χ0n) is 16.4. The smallest absolute Gasteiger partial charge is 0.410 e. The topological polar surface area (TPSA) is 150 Å². The molecule has 1 aliphatic rings. The van der Waals surface area contributed by atoms with Crippen molar-refractivity contribution < 1.29 is 35.9 Å². The molecule has 164 valence electrons. The molecule has 1 aliphatic heterocycles. The molecule has 0 saturated carbocycles. The van der Waals surface area contributed by atoms with E-state index in [1.54, 1.807) is 13.8 Å². The van der Waals surface area contributed by atoms with Crippen molar-refractivity contribution in [1.82, 2.24) is 4.90 Å². The van der Waals surface area contributed by atoms with Crippen LogP contribution in [-0.2, 0) is 34.1 Å². The number of esters is 1. The van der Waals surface area contributed by atoms with Gasteiger partial charge in [0.2, 0.25) is 10.0 Å². The Kier molecular flexibility index (Phi) is 6.97. The molecule has 0 fully saturated rings. The molecule has 1 unspecified atom stereocenters. The van der Waals surface area contributed by atoms with Crippen molar-refractivity contribution in [2.45, 2.75) is 59.9 Å². The molecule has 3 atom stereocenters. The van der Waals surface area contributed by atoms with Crippen LogP contribution in [0.5, 0.6) is 0 Å². The first-order valence-corrected chi connectivity index (χ1v) is 12.7. The van der Waals surface area contributed by atoms with Crippen LogP contribution in [0, 0.1) is 0 Å². The van der Waals surface area contributed by atoms with E-state index < -0.39 is 49.3 Å². The second-order valence-corrected chi connectivity index (χ2v) is 12.1. The van der Waals surface area contributed by atoms with Gasteiger partial charge in [-0.05, 0) is 33.3 Å². The van der Waals surface area contributed by atoms with Gasteiger partial charge in [0.05, 0.1) is 11.3 Å². The molecule has 29 heavy (non-hydrogen) atoms. The summed E-state index contributed by atoms with van der Waals surface area (Å²) < 4.78 is 58.6. The summed E-state index contributed by atoms with van der Waals surface area (Å²) in [6.45, 7) is 6.06. The lowest BCUT2D eigenvalue weighted by molar-refractivity contribution is -0.143. The Morgan fingerprint density at radius 2 is 2.03 bits per heavy atom. The van der Waals surface area contributed by atoms with Gasteiger partial charge in [-0.1, -0.05) is 0 Å². The van der Waals surface area contributed by atoms with Gasteiger partial charge in [0.25, 0.3) is 0 Å². The number of nitrogens with two attached hydrogens (primary N) is 1. The number of hydrogen-bond donors (Lipinski definition) is 1. The van der Waals surface area contributed by atoms with Crippen LogP contribution >= 0.6 is 11.3 Å². The van der Waals surface area contributed by atoms with Gasteiger partial charge < -0.3 is 14.4 Å². The zero-order valence-corrected chi connectivity index (χ0v) is 18.9. The van der Waals surface area contributed by atoms with Crippen molar-refractivity contribution in [3.8, 4) is 0 Å². The number of fused-ring (bicyclic) bond motifs is 1. The van der Waals surface area contributed by atoms with E-state index >= 15 is 0 Å². The van der Waals surface area contributed by atoms with Gasteiger partial charge in [-0.25, -0.2) is 26.8 Å². The van der Waals surface area contributed by atoms with Crippen LogP contribution in [0.15, 0.2) is 14.5 Å². The highest BCUT2D eigenvalue weighted by molar-refractivity contribution is 7.95. The third-order valence-electron chi connectivity index (χ3n) is 4.46. The predicted molar refractivity (Wildman–Crippen MR) is 105 cm³/mol. The number of rotatable bonds is 6. The summed E-state index contributed by atoms with van der Waals surface area (Å²) in [6.07, 6.45) is -1.36. The monoisotopic (exact) mass is 468 g/mol. The third-order valence-corrected chi connectivity index (χ3v) is 9.78. The Bertz CT molecular complexity index is 999. The lowest BCUT2D eigenvalue weighted by Gasteiger charge is -2.35. The summed E-state index contributed by atoms with van der Waals surface area (Å²) in [5, 5.41) is 4.34. The van der Waals surface area contributed by atoms with Crippen molar-refractivity contribution in [2.24, 2.45) is 5.14 Å². The first kappa shape index (κ1) is 23.6. The Morgan fingerprint density at radius 3 is 2.55 bits per heavy atom. The van der Waals surface area contributed by atoms with Crippen LogP contribution in [0.1, 0.15) is 45.7 Å². The summed E-state index contributed by atoms with van der Waals surface area (Å²) in [4.78, 5) is 24.9. The van der Waals surface area contributed by atoms with Crippen LogP contribution in [0.4, 0.5) is 4.79 Å². The first-order valence-electron chi connectivity index (χ1n) is 8.80. The number of sulfonamides is 1. The summed E-state index contributed by atoms with van der Waals surface area (Å²) in [6, 6.07) is 0.510. The lowest BCUT2D eigenvalue weighted by atomic mass is 10.0. The third kappa shape index (κ3) is 5.08. The van der Waals surface area contributed by atoms with Crippen LogP contribution in [0.3, 0.4) is 0 Å². The normalized spacial score (nSPS) is 21.7. The van der Waals surface area contributed by atoms with Gasteiger partial charge in [0.1, 0.15) is 21.1 Å². The molecular formula is C16H24N2O8S3. The number of primary sulfonamides is 1. The summed E-state index contributed by atoms with van der Waals surface area (Å²) in [5.41, 5.74) is 0.212. The number of thiophene rings is 1. The molecule has 1 amide bonds. The highest BCUT2D eigenvalue weighted by Crippen LogP contribution is 2.45. The highest BCUT2D eigenvalue weighted by Gasteiger charge is 2.43. The standard InChI is InChI=1S/C16H24N2O8S3/c1-5-18(16(20)26-9(2)8-25-11(4)19)13-6-10(3)28(21,22)15-12(13)7-14(27-15)29(17,23)24/h7,9-10,13H,5-6,8H2,1-4H3,(H2,17,23,24)/t9?,10-,13-/m0/s1. The summed E-state index contributed by atoms with van der Waals surface area (Å²) in [5.74, 6) is -0.509.